The van der Waals surface area contributed by atoms with Crippen LogP contribution in [0.25, 0.3) is 0 Å². The number of piperidine rings is 1. The summed E-state index contributed by atoms with van der Waals surface area (Å²) in [7, 11) is 2.04. The van der Waals surface area contributed by atoms with Crippen LogP contribution in [0, 0.1) is 11.3 Å². The molecule has 0 atom stereocenters. The molecule has 124 valence electrons. The number of benzene rings is 1. The van der Waals surface area contributed by atoms with Gasteiger partial charge in [0.1, 0.15) is 0 Å². The van der Waals surface area contributed by atoms with Crippen molar-refractivity contribution in [3.63, 3.8) is 0 Å². The van der Waals surface area contributed by atoms with Gasteiger partial charge in [0.2, 0.25) is 5.95 Å². The number of halogens is 1. The minimum atomic E-state index is 0.438. The first-order chi connectivity index (χ1) is 11.7. The van der Waals surface area contributed by atoms with Gasteiger partial charge in [-0.25, -0.2) is 9.97 Å². The number of hydrogen-bond donors (Lipinski definition) is 0. The van der Waals surface area contributed by atoms with Crippen molar-refractivity contribution in [2.45, 2.75) is 25.4 Å². The first-order valence-electron chi connectivity index (χ1n) is 8.07. The lowest BCUT2D eigenvalue weighted by molar-refractivity contribution is 0.203. The lowest BCUT2D eigenvalue weighted by Crippen LogP contribution is -2.43. The SMILES string of the molecule is CN(c1ncc(Cl)cn1)C1CCN(Cc2cccc(C#N)c2)CC1. The highest BCUT2D eigenvalue weighted by Gasteiger charge is 2.23. The average molecular weight is 342 g/mol. The van der Waals surface area contributed by atoms with E-state index in [4.69, 9.17) is 16.9 Å². The lowest BCUT2D eigenvalue weighted by atomic mass is 10.0. The van der Waals surface area contributed by atoms with Crippen molar-refractivity contribution in [3.05, 3.63) is 52.8 Å². The van der Waals surface area contributed by atoms with E-state index in [0.717, 1.165) is 44.0 Å². The second-order valence-electron chi connectivity index (χ2n) is 6.13. The fourth-order valence-electron chi connectivity index (χ4n) is 3.11. The van der Waals surface area contributed by atoms with Gasteiger partial charge < -0.3 is 4.90 Å². The lowest BCUT2D eigenvalue weighted by Gasteiger charge is -2.36. The average Bonchev–Trinajstić information content (AvgIpc) is 2.62. The number of nitrogens with zero attached hydrogens (tertiary/aromatic N) is 5. The van der Waals surface area contributed by atoms with Gasteiger partial charge in [-0.2, -0.15) is 5.26 Å². The first kappa shape index (κ1) is 16.7. The molecule has 0 spiro atoms. The third-order valence-electron chi connectivity index (χ3n) is 4.49. The molecule has 1 fully saturated rings. The van der Waals surface area contributed by atoms with E-state index >= 15 is 0 Å². The third kappa shape index (κ3) is 4.02. The largest absolute Gasteiger partial charge is 0.341 e. The molecule has 1 aliphatic heterocycles. The zero-order chi connectivity index (χ0) is 16.9. The van der Waals surface area contributed by atoms with E-state index < -0.39 is 0 Å². The Kier molecular flexibility index (Phi) is 5.29. The summed E-state index contributed by atoms with van der Waals surface area (Å²) in [6.07, 6.45) is 5.41. The normalized spacial score (nSPS) is 15.9. The van der Waals surface area contributed by atoms with Crippen molar-refractivity contribution >= 4 is 17.5 Å². The Morgan fingerprint density at radius 1 is 1.29 bits per heavy atom. The fourth-order valence-corrected chi connectivity index (χ4v) is 3.21. The molecule has 3 rings (SSSR count). The van der Waals surface area contributed by atoms with Gasteiger partial charge in [0, 0.05) is 32.7 Å². The first-order valence-corrected chi connectivity index (χ1v) is 8.45. The minimum Gasteiger partial charge on any atom is -0.341 e. The number of nitriles is 1. The highest BCUT2D eigenvalue weighted by Crippen LogP contribution is 2.21. The van der Waals surface area contributed by atoms with Crippen LogP contribution in [0.5, 0.6) is 0 Å². The van der Waals surface area contributed by atoms with Crippen molar-refractivity contribution in [3.8, 4) is 6.07 Å². The quantitative estimate of drug-likeness (QED) is 0.855. The number of rotatable bonds is 4. The molecule has 0 aliphatic carbocycles. The summed E-state index contributed by atoms with van der Waals surface area (Å²) in [6, 6.07) is 10.5. The number of aromatic nitrogens is 2. The minimum absolute atomic E-state index is 0.438. The van der Waals surface area contributed by atoms with Crippen LogP contribution in [0.2, 0.25) is 5.02 Å². The third-order valence-corrected chi connectivity index (χ3v) is 4.68. The zero-order valence-corrected chi connectivity index (χ0v) is 14.4. The summed E-state index contributed by atoms with van der Waals surface area (Å²) in [5.74, 6) is 0.722. The topological polar surface area (TPSA) is 56.1 Å². The highest BCUT2D eigenvalue weighted by atomic mass is 35.5. The van der Waals surface area contributed by atoms with Crippen LogP contribution in [-0.4, -0.2) is 41.0 Å². The molecule has 24 heavy (non-hydrogen) atoms. The maximum Gasteiger partial charge on any atom is 0.225 e. The number of likely N-dealkylation sites (tertiary alicyclic amines) is 1. The van der Waals surface area contributed by atoms with Crippen LogP contribution in [0.1, 0.15) is 24.0 Å². The zero-order valence-electron chi connectivity index (χ0n) is 13.7. The van der Waals surface area contributed by atoms with Crippen molar-refractivity contribution in [1.29, 1.82) is 5.26 Å². The summed E-state index contributed by atoms with van der Waals surface area (Å²) in [4.78, 5) is 13.2. The molecule has 1 saturated heterocycles. The Morgan fingerprint density at radius 3 is 2.67 bits per heavy atom. The fraction of sp³-hybridized carbons (Fsp3) is 0.389. The van der Waals surface area contributed by atoms with Crippen LogP contribution in [0.3, 0.4) is 0 Å². The van der Waals surface area contributed by atoms with Gasteiger partial charge in [0.15, 0.2) is 0 Å². The molecule has 0 N–H and O–H groups in total. The molecule has 0 saturated carbocycles. The predicted molar refractivity (Wildman–Crippen MR) is 94.9 cm³/mol. The van der Waals surface area contributed by atoms with Gasteiger partial charge in [0.25, 0.3) is 0 Å². The van der Waals surface area contributed by atoms with Gasteiger partial charge >= 0.3 is 0 Å². The molecular formula is C18H20ClN5. The van der Waals surface area contributed by atoms with Crippen LogP contribution in [-0.2, 0) is 6.54 Å². The molecule has 2 heterocycles. The van der Waals surface area contributed by atoms with E-state index in [1.54, 1.807) is 12.4 Å². The Balaban J connectivity index is 1.55. The van der Waals surface area contributed by atoms with Gasteiger partial charge in [0.05, 0.1) is 29.0 Å². The van der Waals surface area contributed by atoms with Gasteiger partial charge in [-0.15, -0.1) is 0 Å². The van der Waals surface area contributed by atoms with E-state index in [0.29, 0.717) is 11.1 Å². The molecule has 5 nitrogen and oxygen atoms in total. The van der Waals surface area contributed by atoms with Crippen LogP contribution < -0.4 is 4.90 Å². The maximum atomic E-state index is 9.00. The second-order valence-corrected chi connectivity index (χ2v) is 6.57. The second kappa shape index (κ2) is 7.61. The molecule has 1 aromatic carbocycles. The van der Waals surface area contributed by atoms with E-state index in [2.05, 4.69) is 31.9 Å². The molecule has 6 heteroatoms. The van der Waals surface area contributed by atoms with Crippen molar-refractivity contribution in [2.24, 2.45) is 0 Å². The summed E-state index contributed by atoms with van der Waals surface area (Å²) >= 11 is 5.85. The van der Waals surface area contributed by atoms with Crippen LogP contribution in [0.4, 0.5) is 5.95 Å². The van der Waals surface area contributed by atoms with Gasteiger partial charge in [-0.3, -0.25) is 4.90 Å². The summed E-state index contributed by atoms with van der Waals surface area (Å²) in [5.41, 5.74) is 1.92. The Bertz CT molecular complexity index is 717. The summed E-state index contributed by atoms with van der Waals surface area (Å²) in [5, 5.41) is 9.56. The standard InChI is InChI=1S/C18H20ClN5/c1-23(18-21-11-16(19)12-22-18)17-5-7-24(8-6-17)13-15-4-2-3-14(9-15)10-20/h2-4,9,11-12,17H,5-8,13H2,1H3. The van der Waals surface area contributed by atoms with Crippen molar-refractivity contribution < 1.29 is 0 Å². The number of anilines is 1. The Hall–Kier alpha value is -2.16. The molecule has 2 aromatic rings. The van der Waals surface area contributed by atoms with Crippen LogP contribution >= 0.6 is 11.6 Å². The van der Waals surface area contributed by atoms with E-state index in [9.17, 15) is 0 Å². The monoisotopic (exact) mass is 341 g/mol. The highest BCUT2D eigenvalue weighted by molar-refractivity contribution is 6.30. The van der Waals surface area contributed by atoms with Crippen molar-refractivity contribution in [2.75, 3.05) is 25.0 Å². The van der Waals surface area contributed by atoms with Crippen LogP contribution in [0.15, 0.2) is 36.7 Å². The molecule has 0 unspecified atom stereocenters. The van der Waals surface area contributed by atoms with E-state index in [-0.39, 0.29) is 0 Å². The predicted octanol–water partition coefficient (Wildman–Crippen LogP) is 3.10. The molecule has 0 radical (unpaired) electrons. The van der Waals surface area contributed by atoms with E-state index in [1.807, 2.05) is 25.2 Å². The Labute approximate surface area is 147 Å². The molecular weight excluding hydrogens is 322 g/mol. The number of hydrogen-bond acceptors (Lipinski definition) is 5. The van der Waals surface area contributed by atoms with Gasteiger partial charge in [-0.05, 0) is 30.5 Å². The molecule has 1 aliphatic rings. The van der Waals surface area contributed by atoms with E-state index in [1.165, 1.54) is 5.56 Å². The molecule has 0 bridgehead atoms. The molecule has 0 amide bonds. The Morgan fingerprint density at radius 2 is 2.00 bits per heavy atom. The van der Waals surface area contributed by atoms with Gasteiger partial charge in [-0.1, -0.05) is 23.7 Å². The van der Waals surface area contributed by atoms with Crippen molar-refractivity contribution in [1.82, 2.24) is 14.9 Å². The smallest absolute Gasteiger partial charge is 0.225 e. The maximum absolute atomic E-state index is 9.00. The summed E-state index contributed by atoms with van der Waals surface area (Å²) in [6.45, 7) is 2.95. The summed E-state index contributed by atoms with van der Waals surface area (Å²) < 4.78 is 0. The molecule has 1 aromatic heterocycles.